The quantitative estimate of drug-likeness (QED) is 0.796. The molecular formula is C13H20N2O2. The van der Waals surface area contributed by atoms with Gasteiger partial charge in [0.15, 0.2) is 5.78 Å². The third-order valence-electron chi connectivity index (χ3n) is 3.45. The molecule has 0 amide bonds. The molecule has 1 saturated heterocycles. The van der Waals surface area contributed by atoms with Crippen molar-refractivity contribution in [3.63, 3.8) is 0 Å². The first-order chi connectivity index (χ1) is 8.11. The van der Waals surface area contributed by atoms with Crippen LogP contribution in [0.25, 0.3) is 0 Å². The molecule has 0 aliphatic carbocycles. The van der Waals surface area contributed by atoms with Gasteiger partial charge in [-0.1, -0.05) is 13.8 Å². The van der Waals surface area contributed by atoms with Crippen molar-refractivity contribution in [2.45, 2.75) is 39.2 Å². The first-order valence-corrected chi connectivity index (χ1v) is 6.28. The van der Waals surface area contributed by atoms with E-state index in [-0.39, 0.29) is 11.9 Å². The first-order valence-electron chi connectivity index (χ1n) is 6.28. The fourth-order valence-electron chi connectivity index (χ4n) is 2.30. The van der Waals surface area contributed by atoms with Crippen molar-refractivity contribution in [1.82, 2.24) is 9.78 Å². The molecule has 0 spiro atoms. The molecular weight excluding hydrogens is 216 g/mol. The number of Topliss-reactive ketones (excluding diaryl/α,β-unsaturated/α-hetero) is 1. The van der Waals surface area contributed by atoms with E-state index in [0.717, 1.165) is 24.2 Å². The van der Waals surface area contributed by atoms with E-state index in [4.69, 9.17) is 4.74 Å². The lowest BCUT2D eigenvalue weighted by Crippen LogP contribution is -2.27. The molecule has 1 aromatic rings. The predicted molar refractivity (Wildman–Crippen MR) is 64.8 cm³/mol. The number of hydrogen-bond donors (Lipinski definition) is 0. The van der Waals surface area contributed by atoms with Crippen LogP contribution >= 0.6 is 0 Å². The summed E-state index contributed by atoms with van der Waals surface area (Å²) in [5.74, 6) is 0.530. The summed E-state index contributed by atoms with van der Waals surface area (Å²) in [6.07, 6.45) is 2.11. The van der Waals surface area contributed by atoms with Gasteiger partial charge in [-0.05, 0) is 24.8 Å². The van der Waals surface area contributed by atoms with Crippen LogP contribution in [0.5, 0.6) is 0 Å². The van der Waals surface area contributed by atoms with Gasteiger partial charge in [-0.15, -0.1) is 0 Å². The molecule has 4 nitrogen and oxygen atoms in total. The van der Waals surface area contributed by atoms with E-state index in [1.54, 1.807) is 4.68 Å². The monoisotopic (exact) mass is 236 g/mol. The Labute approximate surface area is 102 Å². The zero-order valence-electron chi connectivity index (χ0n) is 10.8. The van der Waals surface area contributed by atoms with E-state index < -0.39 is 0 Å². The topological polar surface area (TPSA) is 44.1 Å². The molecule has 0 radical (unpaired) electrons. The molecule has 1 aliphatic heterocycles. The first kappa shape index (κ1) is 12.3. The molecule has 2 heterocycles. The van der Waals surface area contributed by atoms with E-state index >= 15 is 0 Å². The maximum atomic E-state index is 12.1. The Hall–Kier alpha value is -1.16. The van der Waals surface area contributed by atoms with Crippen LogP contribution < -0.4 is 0 Å². The lowest BCUT2D eigenvalue weighted by molar-refractivity contribution is -0.128. The Morgan fingerprint density at radius 2 is 2.41 bits per heavy atom. The van der Waals surface area contributed by atoms with Gasteiger partial charge in [0.1, 0.15) is 6.10 Å². The van der Waals surface area contributed by atoms with Crippen molar-refractivity contribution < 1.29 is 9.53 Å². The highest BCUT2D eigenvalue weighted by Gasteiger charge is 2.30. The molecule has 0 saturated carbocycles. The zero-order valence-corrected chi connectivity index (χ0v) is 10.8. The van der Waals surface area contributed by atoms with Crippen LogP contribution in [0.1, 0.15) is 31.7 Å². The van der Waals surface area contributed by atoms with Gasteiger partial charge in [-0.3, -0.25) is 9.48 Å². The van der Waals surface area contributed by atoms with Crippen LogP contribution in [-0.4, -0.2) is 28.3 Å². The summed E-state index contributed by atoms with van der Waals surface area (Å²) in [6.45, 7) is 4.86. The normalized spacial score (nSPS) is 24.2. The standard InChI is InChI=1S/C13H20N2O2/c1-4-10-7-11(15(3)14-10)8-12(16)13-9(2)5-6-17-13/h7,9,13H,4-6,8H2,1-3H3. The van der Waals surface area contributed by atoms with Gasteiger partial charge in [0.05, 0.1) is 12.1 Å². The second kappa shape index (κ2) is 5.00. The second-order valence-electron chi connectivity index (χ2n) is 4.80. The summed E-state index contributed by atoms with van der Waals surface area (Å²) in [4.78, 5) is 12.1. The molecule has 0 N–H and O–H groups in total. The van der Waals surface area contributed by atoms with Crippen molar-refractivity contribution in [3.8, 4) is 0 Å². The smallest absolute Gasteiger partial charge is 0.167 e. The van der Waals surface area contributed by atoms with Crippen molar-refractivity contribution in [2.75, 3.05) is 6.61 Å². The van der Waals surface area contributed by atoms with E-state index in [1.807, 2.05) is 13.1 Å². The van der Waals surface area contributed by atoms with Crippen LogP contribution in [0.15, 0.2) is 6.07 Å². The van der Waals surface area contributed by atoms with Crippen molar-refractivity contribution in [1.29, 1.82) is 0 Å². The highest BCUT2D eigenvalue weighted by Crippen LogP contribution is 2.22. The number of nitrogens with zero attached hydrogens (tertiary/aromatic N) is 2. The maximum Gasteiger partial charge on any atom is 0.167 e. The molecule has 2 atom stereocenters. The molecule has 17 heavy (non-hydrogen) atoms. The van der Waals surface area contributed by atoms with Gasteiger partial charge >= 0.3 is 0 Å². The third-order valence-corrected chi connectivity index (χ3v) is 3.45. The number of ketones is 1. The van der Waals surface area contributed by atoms with Gasteiger partial charge in [0.25, 0.3) is 0 Å². The van der Waals surface area contributed by atoms with Crippen molar-refractivity contribution in [3.05, 3.63) is 17.5 Å². The number of ether oxygens (including phenoxy) is 1. The van der Waals surface area contributed by atoms with Crippen molar-refractivity contribution in [2.24, 2.45) is 13.0 Å². The molecule has 4 heteroatoms. The summed E-state index contributed by atoms with van der Waals surface area (Å²) < 4.78 is 7.29. The predicted octanol–water partition coefficient (Wildman–Crippen LogP) is 1.52. The van der Waals surface area contributed by atoms with Gasteiger partial charge in [0, 0.05) is 19.3 Å². The van der Waals surface area contributed by atoms with Gasteiger partial charge in [-0.25, -0.2) is 0 Å². The fraction of sp³-hybridized carbons (Fsp3) is 0.692. The van der Waals surface area contributed by atoms with Crippen LogP contribution in [-0.2, 0) is 29.4 Å². The maximum absolute atomic E-state index is 12.1. The van der Waals surface area contributed by atoms with Crippen LogP contribution in [0.3, 0.4) is 0 Å². The van der Waals surface area contributed by atoms with E-state index in [0.29, 0.717) is 18.9 Å². The molecule has 0 bridgehead atoms. The minimum Gasteiger partial charge on any atom is -0.370 e. The average Bonchev–Trinajstić information content (AvgIpc) is 2.86. The van der Waals surface area contributed by atoms with E-state index in [9.17, 15) is 4.79 Å². The Balaban J connectivity index is 2.04. The molecule has 2 unspecified atom stereocenters. The third kappa shape index (κ3) is 2.57. The Morgan fingerprint density at radius 3 is 2.94 bits per heavy atom. The summed E-state index contributed by atoms with van der Waals surface area (Å²) in [5, 5.41) is 4.35. The summed E-state index contributed by atoms with van der Waals surface area (Å²) in [6, 6.07) is 2.01. The minimum atomic E-state index is -0.213. The van der Waals surface area contributed by atoms with Crippen LogP contribution in [0.4, 0.5) is 0 Å². The largest absolute Gasteiger partial charge is 0.370 e. The number of carbonyl (C=O) groups excluding carboxylic acids is 1. The number of rotatable bonds is 4. The summed E-state index contributed by atoms with van der Waals surface area (Å²) in [7, 11) is 1.89. The minimum absolute atomic E-state index is 0.181. The fourth-order valence-corrected chi connectivity index (χ4v) is 2.30. The average molecular weight is 236 g/mol. The number of aromatic nitrogens is 2. The Kier molecular flexibility index (Phi) is 3.62. The van der Waals surface area contributed by atoms with Gasteiger partial charge in [0.2, 0.25) is 0 Å². The molecule has 0 aromatic carbocycles. The molecule has 1 aliphatic rings. The summed E-state index contributed by atoms with van der Waals surface area (Å²) in [5.41, 5.74) is 2.02. The molecule has 1 fully saturated rings. The number of carbonyl (C=O) groups is 1. The second-order valence-corrected chi connectivity index (χ2v) is 4.80. The van der Waals surface area contributed by atoms with Crippen LogP contribution in [0.2, 0.25) is 0 Å². The SMILES string of the molecule is CCc1cc(CC(=O)C2OCCC2C)n(C)n1. The highest BCUT2D eigenvalue weighted by molar-refractivity contribution is 5.85. The highest BCUT2D eigenvalue weighted by atomic mass is 16.5. The van der Waals surface area contributed by atoms with E-state index in [2.05, 4.69) is 18.9 Å². The lowest BCUT2D eigenvalue weighted by atomic mass is 9.98. The number of hydrogen-bond acceptors (Lipinski definition) is 3. The Morgan fingerprint density at radius 1 is 1.65 bits per heavy atom. The summed E-state index contributed by atoms with van der Waals surface area (Å²) >= 11 is 0. The number of aryl methyl sites for hydroxylation is 2. The molecule has 2 rings (SSSR count). The van der Waals surface area contributed by atoms with E-state index in [1.165, 1.54) is 0 Å². The molecule has 1 aromatic heterocycles. The van der Waals surface area contributed by atoms with Gasteiger partial charge in [-0.2, -0.15) is 5.10 Å². The van der Waals surface area contributed by atoms with Gasteiger partial charge < -0.3 is 4.74 Å². The lowest BCUT2D eigenvalue weighted by Gasteiger charge is -2.12. The van der Waals surface area contributed by atoms with Crippen LogP contribution in [0, 0.1) is 5.92 Å². The zero-order chi connectivity index (χ0) is 12.4. The van der Waals surface area contributed by atoms with Crippen molar-refractivity contribution >= 4 is 5.78 Å². The Bertz CT molecular complexity index is 412. The molecule has 94 valence electrons.